The van der Waals surface area contributed by atoms with Crippen LogP contribution in [-0.2, 0) is 11.3 Å². The number of carbonyl (C=O) groups is 1. The quantitative estimate of drug-likeness (QED) is 0.152. The van der Waals surface area contributed by atoms with Crippen LogP contribution in [0.1, 0.15) is 52.9 Å². The molecular weight excluding hydrogens is 575 g/mol. The number of phenols is 1. The predicted octanol–water partition coefficient (Wildman–Crippen LogP) is 7.96. The second-order valence-corrected chi connectivity index (χ2v) is 11.2. The van der Waals surface area contributed by atoms with Crippen LogP contribution in [-0.4, -0.2) is 29.3 Å². The molecule has 0 amide bonds. The van der Waals surface area contributed by atoms with Gasteiger partial charge in [-0.05, 0) is 55.2 Å². The Kier molecular flexibility index (Phi) is 8.94. The number of carboxylic acids is 1. The molecule has 0 radical (unpaired) electrons. The molecule has 1 aliphatic rings. The third-order valence-corrected chi connectivity index (χ3v) is 8.29. The highest BCUT2D eigenvalue weighted by molar-refractivity contribution is 6.36. The standard InChI is InChI=1S/C33H32Cl2N2O5/c1-18-7-9-21(15-22(10-8-18)41-16-20-13-26(34)19(2)27(35)14-20)30(37-12-11-36)29-28-25(33(39)40)17-42-32(28)24-6-4-3-5-23(24)31(29)38/h3-7,9,13-15,17,30,37-38H,8,10-12,16,36H2,1-2H3,(H,39,40). The highest BCUT2D eigenvalue weighted by atomic mass is 35.5. The van der Waals surface area contributed by atoms with E-state index in [1.54, 1.807) is 12.1 Å². The lowest BCUT2D eigenvalue weighted by molar-refractivity contribution is 0.0698. The van der Waals surface area contributed by atoms with Crippen molar-refractivity contribution < 1.29 is 24.2 Å². The normalized spacial score (nSPS) is 14.6. The monoisotopic (exact) mass is 606 g/mol. The Morgan fingerprint density at radius 2 is 1.83 bits per heavy atom. The van der Waals surface area contributed by atoms with Crippen LogP contribution < -0.4 is 11.1 Å². The third-order valence-electron chi connectivity index (χ3n) is 7.51. The van der Waals surface area contributed by atoms with Crippen molar-refractivity contribution in [1.29, 1.82) is 0 Å². The minimum atomic E-state index is -1.15. The first-order valence-electron chi connectivity index (χ1n) is 13.7. The summed E-state index contributed by atoms with van der Waals surface area (Å²) in [4.78, 5) is 12.3. The topological polar surface area (TPSA) is 118 Å². The summed E-state index contributed by atoms with van der Waals surface area (Å²) in [7, 11) is 0. The average molecular weight is 608 g/mol. The molecule has 7 nitrogen and oxygen atoms in total. The molecule has 1 unspecified atom stereocenters. The van der Waals surface area contributed by atoms with E-state index in [0.29, 0.717) is 56.9 Å². The lowest BCUT2D eigenvalue weighted by atomic mass is 9.88. The van der Waals surface area contributed by atoms with Gasteiger partial charge < -0.3 is 30.4 Å². The van der Waals surface area contributed by atoms with Crippen molar-refractivity contribution in [2.75, 3.05) is 13.1 Å². The number of ether oxygens (including phenoxy) is 1. The molecule has 42 heavy (non-hydrogen) atoms. The number of nitrogens with two attached hydrogens (primary N) is 1. The Labute approximate surface area is 253 Å². The predicted molar refractivity (Wildman–Crippen MR) is 167 cm³/mol. The molecular formula is C33H32Cl2N2O5. The number of allylic oxidation sites excluding steroid dienone is 4. The summed E-state index contributed by atoms with van der Waals surface area (Å²) in [6.07, 6.45) is 8.59. The number of halogens is 2. The molecule has 4 aromatic rings. The maximum Gasteiger partial charge on any atom is 0.339 e. The molecule has 9 heteroatoms. The molecule has 0 bridgehead atoms. The minimum Gasteiger partial charge on any atom is -0.507 e. The van der Waals surface area contributed by atoms with Gasteiger partial charge in [-0.15, -0.1) is 0 Å². The SMILES string of the molecule is CC1=CC=C(C(NCCN)c2c(O)c3ccccc3c3occ(C(=O)O)c23)C=C(OCc2cc(Cl)c(C)c(Cl)c2)CC1. The number of fused-ring (bicyclic) bond motifs is 3. The molecule has 3 aromatic carbocycles. The van der Waals surface area contributed by atoms with Crippen molar-refractivity contribution >= 4 is 50.9 Å². The van der Waals surface area contributed by atoms with Gasteiger partial charge in [0.05, 0.1) is 11.8 Å². The van der Waals surface area contributed by atoms with E-state index in [-0.39, 0.29) is 17.9 Å². The number of phenolic OH excluding ortho intramolecular Hbond substituents is 1. The first-order valence-corrected chi connectivity index (χ1v) is 14.4. The van der Waals surface area contributed by atoms with Crippen molar-refractivity contribution in [2.24, 2.45) is 5.73 Å². The zero-order valence-corrected chi connectivity index (χ0v) is 24.9. The molecule has 0 fully saturated rings. The van der Waals surface area contributed by atoms with Crippen molar-refractivity contribution in [3.05, 3.63) is 110 Å². The number of hydrogen-bond donors (Lipinski definition) is 4. The molecule has 1 aromatic heterocycles. The maximum absolute atomic E-state index is 12.3. The van der Waals surface area contributed by atoms with E-state index >= 15 is 0 Å². The number of aromatic hydroxyl groups is 1. The minimum absolute atomic E-state index is 0.0278. The van der Waals surface area contributed by atoms with E-state index in [9.17, 15) is 15.0 Å². The van der Waals surface area contributed by atoms with Crippen LogP contribution in [0.3, 0.4) is 0 Å². The summed E-state index contributed by atoms with van der Waals surface area (Å²) in [5.41, 5.74) is 10.2. The van der Waals surface area contributed by atoms with Gasteiger partial charge >= 0.3 is 5.97 Å². The van der Waals surface area contributed by atoms with Crippen molar-refractivity contribution in [3.63, 3.8) is 0 Å². The van der Waals surface area contributed by atoms with Gasteiger partial charge in [0, 0.05) is 51.3 Å². The largest absolute Gasteiger partial charge is 0.507 e. The van der Waals surface area contributed by atoms with Crippen LogP contribution in [0.2, 0.25) is 10.0 Å². The highest BCUT2D eigenvalue weighted by Crippen LogP contribution is 2.45. The van der Waals surface area contributed by atoms with E-state index in [1.165, 1.54) is 6.26 Å². The fraction of sp³-hybridized carbons (Fsp3) is 0.242. The summed E-state index contributed by atoms with van der Waals surface area (Å²) in [6.45, 7) is 4.91. The summed E-state index contributed by atoms with van der Waals surface area (Å²) < 4.78 is 12.1. The number of hydrogen-bond acceptors (Lipinski definition) is 6. The van der Waals surface area contributed by atoms with E-state index in [2.05, 4.69) is 5.32 Å². The van der Waals surface area contributed by atoms with Gasteiger partial charge in [0.2, 0.25) is 0 Å². The van der Waals surface area contributed by atoms with E-state index < -0.39 is 12.0 Å². The number of rotatable bonds is 9. The van der Waals surface area contributed by atoms with Gasteiger partial charge in [-0.25, -0.2) is 4.79 Å². The van der Waals surface area contributed by atoms with Crippen molar-refractivity contribution in [1.82, 2.24) is 5.32 Å². The number of benzene rings is 3. The highest BCUT2D eigenvalue weighted by Gasteiger charge is 2.29. The van der Waals surface area contributed by atoms with E-state index in [1.807, 2.05) is 56.3 Å². The molecule has 0 aliphatic heterocycles. The van der Waals surface area contributed by atoms with Gasteiger partial charge in [0.1, 0.15) is 29.8 Å². The maximum atomic E-state index is 12.3. The van der Waals surface area contributed by atoms with Crippen LogP contribution in [0.15, 0.2) is 82.2 Å². The lowest BCUT2D eigenvalue weighted by Crippen LogP contribution is -2.29. The van der Waals surface area contributed by atoms with Crippen LogP contribution >= 0.6 is 23.2 Å². The number of carboxylic acid groups (broad SMARTS) is 1. The zero-order valence-electron chi connectivity index (χ0n) is 23.3. The Bertz CT molecular complexity index is 1750. The van der Waals surface area contributed by atoms with Gasteiger partial charge in [0.25, 0.3) is 0 Å². The van der Waals surface area contributed by atoms with Crippen LogP contribution in [0, 0.1) is 6.92 Å². The molecule has 218 valence electrons. The average Bonchev–Trinajstić information content (AvgIpc) is 3.41. The molecule has 1 heterocycles. The zero-order chi connectivity index (χ0) is 30.0. The van der Waals surface area contributed by atoms with E-state index in [4.69, 9.17) is 38.1 Å². The van der Waals surface area contributed by atoms with Gasteiger partial charge in [-0.2, -0.15) is 0 Å². The first kappa shape index (κ1) is 29.7. The fourth-order valence-electron chi connectivity index (χ4n) is 5.23. The molecule has 1 atom stereocenters. The second kappa shape index (κ2) is 12.6. The third kappa shape index (κ3) is 5.92. The number of furan rings is 1. The smallest absolute Gasteiger partial charge is 0.339 e. The molecule has 0 spiro atoms. The van der Waals surface area contributed by atoms with Crippen LogP contribution in [0.5, 0.6) is 5.75 Å². The summed E-state index contributed by atoms with van der Waals surface area (Å²) in [5, 5.41) is 27.9. The molecule has 5 rings (SSSR count). The van der Waals surface area contributed by atoms with Crippen LogP contribution in [0.4, 0.5) is 0 Å². The lowest BCUT2D eigenvalue weighted by Gasteiger charge is -2.25. The molecule has 1 aliphatic carbocycles. The summed E-state index contributed by atoms with van der Waals surface area (Å²) in [5.74, 6) is -0.456. The van der Waals surface area contributed by atoms with E-state index in [0.717, 1.165) is 34.5 Å². The fourth-order valence-corrected chi connectivity index (χ4v) is 5.76. The van der Waals surface area contributed by atoms with Crippen LogP contribution in [0.25, 0.3) is 21.7 Å². The molecule has 5 N–H and O–H groups in total. The molecule has 0 saturated heterocycles. The van der Waals surface area contributed by atoms with Gasteiger partial charge in [0.15, 0.2) is 0 Å². The first-order chi connectivity index (χ1) is 20.2. The number of nitrogens with one attached hydrogen (secondary N) is 1. The summed E-state index contributed by atoms with van der Waals surface area (Å²) >= 11 is 12.7. The Balaban J connectivity index is 1.66. The summed E-state index contributed by atoms with van der Waals surface area (Å²) in [6, 6.07) is 10.3. The Hall–Kier alpha value is -3.75. The van der Waals surface area contributed by atoms with Gasteiger partial charge in [-0.3, -0.25) is 0 Å². The molecule has 0 saturated carbocycles. The van der Waals surface area contributed by atoms with Crippen molar-refractivity contribution in [2.45, 2.75) is 39.3 Å². The number of aromatic carboxylic acids is 1. The Morgan fingerprint density at radius 3 is 2.52 bits per heavy atom. The van der Waals surface area contributed by atoms with Crippen molar-refractivity contribution in [3.8, 4) is 5.75 Å². The van der Waals surface area contributed by atoms with Gasteiger partial charge in [-0.1, -0.05) is 65.2 Å². The Morgan fingerprint density at radius 1 is 1.12 bits per heavy atom. The second-order valence-electron chi connectivity index (χ2n) is 10.4.